The van der Waals surface area contributed by atoms with E-state index in [1.165, 1.54) is 29.5 Å². The summed E-state index contributed by atoms with van der Waals surface area (Å²) in [5.74, 6) is -0.356. The summed E-state index contributed by atoms with van der Waals surface area (Å²) >= 11 is 13.5. The Balaban J connectivity index is 2.01. The summed E-state index contributed by atoms with van der Waals surface area (Å²) < 4.78 is 14.1. The van der Waals surface area contributed by atoms with Crippen LogP contribution in [0.3, 0.4) is 0 Å². The van der Waals surface area contributed by atoms with E-state index in [0.717, 1.165) is 10.2 Å². The SMILES string of the molecule is Fc1ccc(Cl)c(Nc2nc3cccc(Cl)c3s2)c1. The van der Waals surface area contributed by atoms with Crippen molar-refractivity contribution in [2.45, 2.75) is 0 Å². The van der Waals surface area contributed by atoms with Gasteiger partial charge in [-0.3, -0.25) is 0 Å². The quantitative estimate of drug-likeness (QED) is 0.677. The minimum Gasteiger partial charge on any atom is -0.330 e. The van der Waals surface area contributed by atoms with Gasteiger partial charge in [0.15, 0.2) is 5.13 Å². The summed E-state index contributed by atoms with van der Waals surface area (Å²) in [6.45, 7) is 0. The molecular weight excluding hydrogens is 306 g/mol. The molecule has 0 radical (unpaired) electrons. The highest BCUT2D eigenvalue weighted by molar-refractivity contribution is 7.22. The van der Waals surface area contributed by atoms with E-state index in [2.05, 4.69) is 10.3 Å². The number of thiazole rings is 1. The second-order valence-electron chi connectivity index (χ2n) is 3.86. The molecule has 0 fully saturated rings. The van der Waals surface area contributed by atoms with Gasteiger partial charge < -0.3 is 5.32 Å². The first-order valence-corrected chi connectivity index (χ1v) is 6.98. The number of rotatable bonds is 2. The molecule has 0 aliphatic heterocycles. The second-order valence-corrected chi connectivity index (χ2v) is 5.67. The van der Waals surface area contributed by atoms with Gasteiger partial charge in [-0.25, -0.2) is 9.37 Å². The molecule has 96 valence electrons. The van der Waals surface area contributed by atoms with Crippen molar-refractivity contribution in [1.82, 2.24) is 4.98 Å². The molecule has 3 aromatic rings. The van der Waals surface area contributed by atoms with Crippen LogP contribution in [0.25, 0.3) is 10.2 Å². The molecule has 1 heterocycles. The van der Waals surface area contributed by atoms with Crippen LogP contribution >= 0.6 is 34.5 Å². The highest BCUT2D eigenvalue weighted by Gasteiger charge is 2.09. The van der Waals surface area contributed by atoms with Gasteiger partial charge in [0.25, 0.3) is 0 Å². The molecule has 0 aliphatic carbocycles. The number of fused-ring (bicyclic) bond motifs is 1. The number of benzene rings is 2. The molecule has 0 spiro atoms. The molecule has 0 aliphatic rings. The lowest BCUT2D eigenvalue weighted by Gasteiger charge is -2.04. The van der Waals surface area contributed by atoms with E-state index < -0.39 is 0 Å². The predicted octanol–water partition coefficient (Wildman–Crippen LogP) is 5.49. The Kier molecular flexibility index (Phi) is 3.31. The first-order valence-electron chi connectivity index (χ1n) is 5.40. The van der Waals surface area contributed by atoms with Gasteiger partial charge in [-0.1, -0.05) is 40.6 Å². The third-order valence-electron chi connectivity index (χ3n) is 2.54. The topological polar surface area (TPSA) is 24.9 Å². The molecule has 19 heavy (non-hydrogen) atoms. The molecule has 1 N–H and O–H groups in total. The van der Waals surface area contributed by atoms with Gasteiger partial charge in [-0.05, 0) is 30.3 Å². The number of aromatic nitrogens is 1. The fourth-order valence-corrected chi connectivity index (χ4v) is 3.01. The van der Waals surface area contributed by atoms with E-state index >= 15 is 0 Å². The molecular formula is C13H7Cl2FN2S. The Bertz CT molecular complexity index is 757. The predicted molar refractivity (Wildman–Crippen MR) is 79.3 cm³/mol. The summed E-state index contributed by atoms with van der Waals surface area (Å²) in [5, 5.41) is 4.71. The Morgan fingerprint density at radius 1 is 1.11 bits per heavy atom. The maximum Gasteiger partial charge on any atom is 0.188 e. The molecule has 0 saturated carbocycles. The fraction of sp³-hybridized carbons (Fsp3) is 0. The average Bonchev–Trinajstić information content (AvgIpc) is 2.78. The van der Waals surface area contributed by atoms with Gasteiger partial charge in [-0.2, -0.15) is 0 Å². The van der Waals surface area contributed by atoms with Crippen LogP contribution in [0.15, 0.2) is 36.4 Å². The van der Waals surface area contributed by atoms with Crippen molar-refractivity contribution in [2.24, 2.45) is 0 Å². The first-order chi connectivity index (χ1) is 9.13. The van der Waals surface area contributed by atoms with E-state index in [1.54, 1.807) is 6.07 Å². The average molecular weight is 313 g/mol. The van der Waals surface area contributed by atoms with Crippen molar-refractivity contribution < 1.29 is 4.39 Å². The minimum atomic E-state index is -0.356. The smallest absolute Gasteiger partial charge is 0.188 e. The van der Waals surface area contributed by atoms with Crippen molar-refractivity contribution in [2.75, 3.05) is 5.32 Å². The van der Waals surface area contributed by atoms with Crippen molar-refractivity contribution in [3.05, 3.63) is 52.3 Å². The summed E-state index contributed by atoms with van der Waals surface area (Å²) in [4.78, 5) is 4.38. The lowest BCUT2D eigenvalue weighted by molar-refractivity contribution is 0.628. The van der Waals surface area contributed by atoms with Gasteiger partial charge >= 0.3 is 0 Å². The molecule has 0 amide bonds. The number of hydrogen-bond acceptors (Lipinski definition) is 3. The van der Waals surface area contributed by atoms with Gasteiger partial charge in [0.1, 0.15) is 5.82 Å². The van der Waals surface area contributed by atoms with E-state index in [9.17, 15) is 4.39 Å². The van der Waals surface area contributed by atoms with Crippen molar-refractivity contribution in [3.8, 4) is 0 Å². The summed E-state index contributed by atoms with van der Waals surface area (Å²) in [7, 11) is 0. The zero-order chi connectivity index (χ0) is 13.4. The van der Waals surface area contributed by atoms with Gasteiger partial charge in [0, 0.05) is 0 Å². The van der Waals surface area contributed by atoms with Crippen LogP contribution in [0, 0.1) is 5.82 Å². The fourth-order valence-electron chi connectivity index (χ4n) is 1.68. The normalized spacial score (nSPS) is 10.9. The molecule has 3 rings (SSSR count). The van der Waals surface area contributed by atoms with Crippen LogP contribution in [-0.2, 0) is 0 Å². The third kappa shape index (κ3) is 2.52. The number of halogens is 3. The maximum atomic E-state index is 13.2. The molecule has 0 bridgehead atoms. The Morgan fingerprint density at radius 2 is 1.95 bits per heavy atom. The largest absolute Gasteiger partial charge is 0.330 e. The number of hydrogen-bond donors (Lipinski definition) is 1. The van der Waals surface area contributed by atoms with Crippen molar-refractivity contribution >= 4 is 55.6 Å². The van der Waals surface area contributed by atoms with Gasteiger partial charge in [0.05, 0.1) is 25.9 Å². The van der Waals surface area contributed by atoms with Gasteiger partial charge in [0.2, 0.25) is 0 Å². The summed E-state index contributed by atoms with van der Waals surface area (Å²) in [5.41, 5.74) is 1.28. The Hall–Kier alpha value is -1.36. The summed E-state index contributed by atoms with van der Waals surface area (Å²) in [6.07, 6.45) is 0. The number of nitrogens with zero attached hydrogens (tertiary/aromatic N) is 1. The van der Waals surface area contributed by atoms with Crippen LogP contribution in [0.5, 0.6) is 0 Å². The van der Waals surface area contributed by atoms with E-state index in [1.807, 2.05) is 12.1 Å². The van der Waals surface area contributed by atoms with Crippen LogP contribution in [-0.4, -0.2) is 4.98 Å². The van der Waals surface area contributed by atoms with E-state index in [-0.39, 0.29) is 5.82 Å². The highest BCUT2D eigenvalue weighted by Crippen LogP contribution is 2.34. The number of nitrogens with one attached hydrogen (secondary N) is 1. The lowest BCUT2D eigenvalue weighted by atomic mass is 10.3. The first kappa shape index (κ1) is 12.7. The Labute approximate surface area is 122 Å². The zero-order valence-corrected chi connectivity index (χ0v) is 11.8. The molecule has 2 nitrogen and oxygen atoms in total. The number of anilines is 2. The second kappa shape index (κ2) is 4.96. The summed E-state index contributed by atoms with van der Waals surface area (Å²) in [6, 6.07) is 9.65. The molecule has 6 heteroatoms. The van der Waals surface area contributed by atoms with E-state index in [4.69, 9.17) is 23.2 Å². The molecule has 1 aromatic heterocycles. The third-order valence-corrected chi connectivity index (χ3v) is 4.31. The molecule has 0 saturated heterocycles. The van der Waals surface area contributed by atoms with Gasteiger partial charge in [-0.15, -0.1) is 0 Å². The van der Waals surface area contributed by atoms with Crippen molar-refractivity contribution in [3.63, 3.8) is 0 Å². The highest BCUT2D eigenvalue weighted by atomic mass is 35.5. The molecule has 0 unspecified atom stereocenters. The van der Waals surface area contributed by atoms with Crippen LogP contribution in [0.2, 0.25) is 10.0 Å². The van der Waals surface area contributed by atoms with E-state index in [0.29, 0.717) is 20.9 Å². The van der Waals surface area contributed by atoms with Crippen molar-refractivity contribution in [1.29, 1.82) is 0 Å². The van der Waals surface area contributed by atoms with Crippen LogP contribution in [0.4, 0.5) is 15.2 Å². The minimum absolute atomic E-state index is 0.356. The molecule has 0 atom stereocenters. The molecule has 2 aromatic carbocycles. The Morgan fingerprint density at radius 3 is 2.74 bits per heavy atom. The maximum absolute atomic E-state index is 13.2. The van der Waals surface area contributed by atoms with Crippen LogP contribution in [0.1, 0.15) is 0 Å². The lowest BCUT2D eigenvalue weighted by Crippen LogP contribution is -1.91. The standard InChI is InChI=1S/C13H7Cl2FN2S/c14-8-5-4-7(16)6-11(8)18-13-17-10-3-1-2-9(15)12(10)19-13/h1-6H,(H,17,18). The van der Waals surface area contributed by atoms with Crippen LogP contribution < -0.4 is 5.32 Å². The monoisotopic (exact) mass is 312 g/mol. The zero-order valence-electron chi connectivity index (χ0n) is 9.45.